The number of ether oxygens (including phenoxy) is 3. The minimum absolute atomic E-state index is 0. The van der Waals surface area contributed by atoms with Gasteiger partial charge >= 0.3 is 34.6 Å². The minimum Gasteiger partial charge on any atom is -1.00 e. The zero-order chi connectivity index (χ0) is 24.2. The molecule has 0 N–H and O–H groups in total. The Morgan fingerprint density at radius 3 is 1.85 bits per heavy atom. The standard InChI is InChI=1S/C11H11FO3.C7H5FO.C2H3ClO2.C2H3.BrH.Mg/c1-3-10(15-11(13)14-2)8-5-4-6-9(12)7-8;8-7-3-1-2-6(4-7)5-9;1-5-2(3)4;1-2;;/h3-7,10H,1H2,2H3;1-5H;1H3;1H,2H2;1H;/q;;;-1;;+2/p-1. The van der Waals surface area contributed by atoms with E-state index in [2.05, 4.69) is 40.8 Å². The summed E-state index contributed by atoms with van der Waals surface area (Å²) in [6.07, 6.45) is 0.478. The van der Waals surface area contributed by atoms with Crippen LogP contribution in [-0.2, 0) is 14.2 Å². The monoisotopic (exact) mass is 558 g/mol. The quantitative estimate of drug-likeness (QED) is 0.143. The Bertz CT molecular complexity index is 842. The molecule has 0 aliphatic carbocycles. The number of methoxy groups -OCH3 is 2. The molecule has 2 rings (SSSR count). The van der Waals surface area contributed by atoms with Crippen LogP contribution in [0.2, 0.25) is 0 Å². The fourth-order valence-electron chi connectivity index (χ4n) is 1.67. The van der Waals surface area contributed by atoms with Gasteiger partial charge in [-0.25, -0.2) is 18.4 Å². The summed E-state index contributed by atoms with van der Waals surface area (Å²) in [5.74, 6) is -0.771. The number of benzene rings is 2. The Morgan fingerprint density at radius 1 is 1.03 bits per heavy atom. The van der Waals surface area contributed by atoms with E-state index in [1.165, 1.54) is 56.7 Å². The van der Waals surface area contributed by atoms with Crippen LogP contribution in [0, 0.1) is 18.2 Å². The molecule has 0 saturated carbocycles. The molecule has 0 aliphatic heterocycles. The maximum absolute atomic E-state index is 12.9. The van der Waals surface area contributed by atoms with Gasteiger partial charge in [0.25, 0.3) is 0 Å². The van der Waals surface area contributed by atoms with E-state index in [0.29, 0.717) is 17.4 Å². The fraction of sp³-hybridized carbons (Fsp3) is 0.136. The third-order valence-corrected chi connectivity index (χ3v) is 3.08. The van der Waals surface area contributed by atoms with Gasteiger partial charge in [0.2, 0.25) is 0 Å². The zero-order valence-corrected chi connectivity index (χ0v) is 21.8. The predicted molar refractivity (Wildman–Crippen MR) is 119 cm³/mol. The molecule has 0 heterocycles. The summed E-state index contributed by atoms with van der Waals surface area (Å²) >= 11 is 4.60. The van der Waals surface area contributed by atoms with Crippen LogP contribution in [0.3, 0.4) is 0 Å². The van der Waals surface area contributed by atoms with Gasteiger partial charge in [0.05, 0.1) is 14.2 Å². The first-order valence-electron chi connectivity index (χ1n) is 8.25. The molecule has 6 nitrogen and oxygen atoms in total. The summed E-state index contributed by atoms with van der Waals surface area (Å²) in [6, 6.07) is 11.3. The van der Waals surface area contributed by atoms with E-state index in [0.717, 1.165) is 0 Å². The van der Waals surface area contributed by atoms with Crippen molar-refractivity contribution in [3.8, 4) is 0 Å². The SMILES string of the molecule is C=CC(OC(=O)OC)c1cccc(F)c1.COC(=O)Cl.O=Cc1cccc(F)c1.[Br-].[CH-]=C.[Mg+2]. The van der Waals surface area contributed by atoms with Crippen molar-refractivity contribution < 1.29 is 54.4 Å². The van der Waals surface area contributed by atoms with Crippen molar-refractivity contribution in [2.24, 2.45) is 0 Å². The fourth-order valence-corrected chi connectivity index (χ4v) is 1.67. The van der Waals surface area contributed by atoms with Crippen LogP contribution < -0.4 is 17.0 Å². The number of halogens is 4. The second-order valence-electron chi connectivity index (χ2n) is 4.90. The molecule has 2 aromatic carbocycles. The van der Waals surface area contributed by atoms with Crippen molar-refractivity contribution in [3.05, 3.63) is 97.1 Å². The maximum atomic E-state index is 12.9. The number of carbonyl (C=O) groups is 3. The Morgan fingerprint density at radius 2 is 1.52 bits per heavy atom. The molecule has 0 saturated heterocycles. The third-order valence-electron chi connectivity index (χ3n) is 2.93. The van der Waals surface area contributed by atoms with E-state index in [-0.39, 0.29) is 45.9 Å². The number of rotatable bonds is 4. The summed E-state index contributed by atoms with van der Waals surface area (Å²) in [7, 11) is 2.42. The van der Waals surface area contributed by atoms with Gasteiger partial charge in [-0.05, 0) is 35.9 Å². The average Bonchev–Trinajstić information content (AvgIpc) is 2.79. The Kier molecular flexibility index (Phi) is 28.1. The molecule has 0 spiro atoms. The second-order valence-corrected chi connectivity index (χ2v) is 5.21. The molecule has 33 heavy (non-hydrogen) atoms. The number of hydrogen-bond donors (Lipinski definition) is 0. The van der Waals surface area contributed by atoms with Gasteiger partial charge in [0.15, 0.2) is 0 Å². The molecule has 2 aromatic rings. The van der Waals surface area contributed by atoms with Crippen LogP contribution in [0.15, 0.2) is 67.8 Å². The van der Waals surface area contributed by atoms with Crippen LogP contribution in [0.1, 0.15) is 22.0 Å². The van der Waals surface area contributed by atoms with E-state index >= 15 is 0 Å². The van der Waals surface area contributed by atoms with Crippen LogP contribution in [0.5, 0.6) is 0 Å². The molecular weight excluding hydrogens is 538 g/mol. The van der Waals surface area contributed by atoms with Crippen molar-refractivity contribution in [1.82, 2.24) is 0 Å². The smallest absolute Gasteiger partial charge is 1.00 e. The van der Waals surface area contributed by atoms with Gasteiger partial charge in [-0.3, -0.25) is 11.4 Å². The van der Waals surface area contributed by atoms with Gasteiger partial charge in [0.1, 0.15) is 24.0 Å². The van der Waals surface area contributed by atoms with E-state index in [9.17, 15) is 23.2 Å². The molecule has 176 valence electrons. The molecule has 0 fully saturated rings. The van der Waals surface area contributed by atoms with Crippen LogP contribution >= 0.6 is 11.6 Å². The summed E-state index contributed by atoms with van der Waals surface area (Å²) in [5.41, 5.74) is 0.107. The van der Waals surface area contributed by atoms with Gasteiger partial charge < -0.3 is 37.8 Å². The van der Waals surface area contributed by atoms with Crippen LogP contribution in [0.4, 0.5) is 18.4 Å². The summed E-state index contributed by atoms with van der Waals surface area (Å²) in [6.45, 7) is 10.5. The Balaban J connectivity index is -0.000000201. The number of aldehydes is 1. The summed E-state index contributed by atoms with van der Waals surface area (Å²) in [4.78, 5) is 30.2. The molecule has 0 amide bonds. The van der Waals surface area contributed by atoms with E-state index in [1.807, 2.05) is 0 Å². The van der Waals surface area contributed by atoms with Crippen molar-refractivity contribution in [1.29, 1.82) is 0 Å². The van der Waals surface area contributed by atoms with Crippen molar-refractivity contribution >= 4 is 52.5 Å². The first-order valence-corrected chi connectivity index (χ1v) is 8.62. The van der Waals surface area contributed by atoms with E-state index < -0.39 is 23.5 Å². The summed E-state index contributed by atoms with van der Waals surface area (Å²) in [5, 5.41) is 0. The minimum atomic E-state index is -0.829. The van der Waals surface area contributed by atoms with E-state index in [1.54, 1.807) is 12.1 Å². The van der Waals surface area contributed by atoms with Gasteiger partial charge in [-0.1, -0.05) is 30.8 Å². The van der Waals surface area contributed by atoms with Crippen molar-refractivity contribution in [2.75, 3.05) is 14.2 Å². The van der Waals surface area contributed by atoms with Crippen molar-refractivity contribution in [3.63, 3.8) is 0 Å². The first-order chi connectivity index (χ1) is 14.8. The normalized spacial score (nSPS) is 8.88. The third kappa shape index (κ3) is 20.1. The second kappa shape index (κ2) is 24.4. The molecular formula is C22H22BrClF2MgO6. The molecule has 11 heteroatoms. The molecule has 0 aromatic heterocycles. The zero-order valence-electron chi connectivity index (χ0n) is 18.0. The Hall–Kier alpha value is -2.27. The number of carbonyl (C=O) groups excluding carboxylic acids is 3. The molecule has 1 unspecified atom stereocenters. The summed E-state index contributed by atoms with van der Waals surface area (Å²) < 4.78 is 38.1. The predicted octanol–water partition coefficient (Wildman–Crippen LogP) is 2.69. The first kappa shape index (κ1) is 38.0. The van der Waals surface area contributed by atoms with Gasteiger partial charge in [0, 0.05) is 17.2 Å². The largest absolute Gasteiger partial charge is 2.00 e. The topological polar surface area (TPSA) is 78.9 Å². The van der Waals surface area contributed by atoms with Gasteiger partial charge in [-0.2, -0.15) is 0 Å². The van der Waals surface area contributed by atoms with Crippen LogP contribution in [0.25, 0.3) is 0 Å². The molecule has 0 bridgehead atoms. The molecule has 0 aliphatic rings. The Labute approximate surface area is 223 Å². The number of hydrogen-bond acceptors (Lipinski definition) is 6. The van der Waals surface area contributed by atoms with Crippen LogP contribution in [-0.4, -0.2) is 55.1 Å². The average molecular weight is 560 g/mol. The maximum Gasteiger partial charge on any atom is 2.00 e. The van der Waals surface area contributed by atoms with E-state index in [4.69, 9.17) is 4.74 Å². The van der Waals surface area contributed by atoms with Gasteiger partial charge in [-0.15, -0.1) is 0 Å². The van der Waals surface area contributed by atoms with Crippen molar-refractivity contribution in [2.45, 2.75) is 6.10 Å². The molecule has 1 atom stereocenters. The molecule has 0 radical (unpaired) electrons.